The third-order valence-electron chi connectivity index (χ3n) is 3.63. The molecule has 2 N–H and O–H groups in total. The molecule has 0 amide bonds. The van der Waals surface area contributed by atoms with E-state index in [1.165, 1.54) is 6.26 Å². The lowest BCUT2D eigenvalue weighted by Gasteiger charge is -2.21. The van der Waals surface area contributed by atoms with Crippen LogP contribution >= 0.6 is 0 Å². The molecule has 1 aromatic heterocycles. The molecule has 7 heteroatoms. The highest BCUT2D eigenvalue weighted by atomic mass is 32.2. The number of sulfonamides is 1. The van der Waals surface area contributed by atoms with Crippen molar-refractivity contribution in [2.75, 3.05) is 18.1 Å². The second kappa shape index (κ2) is 6.05. The molecule has 0 bridgehead atoms. The SMILES string of the molecule is Cc1cnc(C)c(NCC2CCCC2NS(C)(=O)=O)n1. The van der Waals surface area contributed by atoms with E-state index in [1.54, 1.807) is 6.20 Å². The number of nitrogens with one attached hydrogen (secondary N) is 2. The fourth-order valence-electron chi connectivity index (χ4n) is 2.64. The zero-order valence-corrected chi connectivity index (χ0v) is 13.0. The predicted octanol–water partition coefficient (Wildman–Crippen LogP) is 1.22. The van der Waals surface area contributed by atoms with Gasteiger partial charge in [-0.25, -0.2) is 18.1 Å². The lowest BCUT2D eigenvalue weighted by Crippen LogP contribution is -2.39. The Bertz CT molecular complexity index is 574. The molecule has 1 fully saturated rings. The molecule has 0 spiro atoms. The lowest BCUT2D eigenvalue weighted by molar-refractivity contribution is 0.463. The first-order valence-electron chi connectivity index (χ1n) is 6.86. The summed E-state index contributed by atoms with van der Waals surface area (Å²) in [7, 11) is -3.14. The summed E-state index contributed by atoms with van der Waals surface area (Å²) in [5.74, 6) is 1.08. The highest BCUT2D eigenvalue weighted by Crippen LogP contribution is 2.26. The number of anilines is 1. The molecular weight excluding hydrogens is 276 g/mol. The van der Waals surface area contributed by atoms with E-state index in [0.29, 0.717) is 12.5 Å². The van der Waals surface area contributed by atoms with E-state index in [-0.39, 0.29) is 6.04 Å². The van der Waals surface area contributed by atoms with Gasteiger partial charge >= 0.3 is 0 Å². The van der Waals surface area contributed by atoms with E-state index in [2.05, 4.69) is 20.0 Å². The van der Waals surface area contributed by atoms with E-state index >= 15 is 0 Å². The molecule has 0 aromatic carbocycles. The van der Waals surface area contributed by atoms with Gasteiger partial charge in [0.25, 0.3) is 0 Å². The maximum absolute atomic E-state index is 11.4. The van der Waals surface area contributed by atoms with Gasteiger partial charge in [-0.3, -0.25) is 4.98 Å². The summed E-state index contributed by atoms with van der Waals surface area (Å²) in [6.45, 7) is 4.53. The fraction of sp³-hybridized carbons (Fsp3) is 0.692. The molecule has 0 aliphatic heterocycles. The largest absolute Gasteiger partial charge is 0.368 e. The highest BCUT2D eigenvalue weighted by molar-refractivity contribution is 7.88. The Morgan fingerprint density at radius 1 is 1.35 bits per heavy atom. The van der Waals surface area contributed by atoms with Crippen molar-refractivity contribution in [1.29, 1.82) is 0 Å². The van der Waals surface area contributed by atoms with Crippen molar-refractivity contribution in [3.8, 4) is 0 Å². The summed E-state index contributed by atoms with van der Waals surface area (Å²) in [5, 5.41) is 3.30. The highest BCUT2D eigenvalue weighted by Gasteiger charge is 2.29. The number of hydrogen-bond donors (Lipinski definition) is 2. The summed E-state index contributed by atoms with van der Waals surface area (Å²) in [6.07, 6.45) is 5.93. The van der Waals surface area contributed by atoms with Crippen molar-refractivity contribution in [1.82, 2.24) is 14.7 Å². The summed E-state index contributed by atoms with van der Waals surface area (Å²) in [5.41, 5.74) is 1.73. The third kappa shape index (κ3) is 4.14. The van der Waals surface area contributed by atoms with Gasteiger partial charge in [-0.15, -0.1) is 0 Å². The van der Waals surface area contributed by atoms with Crippen molar-refractivity contribution in [3.05, 3.63) is 17.6 Å². The maximum atomic E-state index is 11.4. The minimum atomic E-state index is -3.14. The molecule has 2 atom stereocenters. The van der Waals surface area contributed by atoms with Crippen LogP contribution in [-0.4, -0.2) is 37.2 Å². The average Bonchev–Trinajstić information content (AvgIpc) is 2.75. The molecule has 1 saturated carbocycles. The average molecular weight is 298 g/mol. The molecule has 1 aliphatic rings. The Balaban J connectivity index is 1.97. The second-order valence-corrected chi connectivity index (χ2v) is 7.29. The van der Waals surface area contributed by atoms with Crippen LogP contribution in [0.25, 0.3) is 0 Å². The van der Waals surface area contributed by atoms with Crippen LogP contribution in [-0.2, 0) is 10.0 Å². The van der Waals surface area contributed by atoms with Crippen LogP contribution in [0.5, 0.6) is 0 Å². The standard InChI is InChI=1S/C13H22N4O2S/c1-9-7-14-10(2)13(16-9)15-8-11-5-4-6-12(11)17-20(3,18)19/h7,11-12,17H,4-6,8H2,1-3H3,(H,15,16). The van der Waals surface area contributed by atoms with Crippen LogP contribution in [0, 0.1) is 19.8 Å². The second-order valence-electron chi connectivity index (χ2n) is 5.51. The number of hydrogen-bond acceptors (Lipinski definition) is 5. The number of rotatable bonds is 5. The quantitative estimate of drug-likeness (QED) is 0.854. The van der Waals surface area contributed by atoms with Crippen LogP contribution in [0.3, 0.4) is 0 Å². The molecule has 20 heavy (non-hydrogen) atoms. The lowest BCUT2D eigenvalue weighted by atomic mass is 10.0. The summed E-state index contributed by atoms with van der Waals surface area (Å²) < 4.78 is 25.4. The first kappa shape index (κ1) is 15.2. The van der Waals surface area contributed by atoms with Crippen LogP contribution in [0.15, 0.2) is 6.20 Å². The van der Waals surface area contributed by atoms with Crippen LogP contribution in [0.1, 0.15) is 30.7 Å². The van der Waals surface area contributed by atoms with Crippen molar-refractivity contribution in [3.63, 3.8) is 0 Å². The molecule has 0 radical (unpaired) electrons. The Morgan fingerprint density at radius 3 is 2.80 bits per heavy atom. The number of aryl methyl sites for hydroxylation is 2. The van der Waals surface area contributed by atoms with Crippen LogP contribution < -0.4 is 10.0 Å². The Kier molecular flexibility index (Phi) is 4.59. The van der Waals surface area contributed by atoms with Crippen molar-refractivity contribution < 1.29 is 8.42 Å². The Labute approximate surface area is 120 Å². The summed E-state index contributed by atoms with van der Waals surface area (Å²) >= 11 is 0. The van der Waals surface area contributed by atoms with Gasteiger partial charge in [0.1, 0.15) is 5.82 Å². The van der Waals surface area contributed by atoms with Crippen molar-refractivity contribution in [2.24, 2.45) is 5.92 Å². The Hall–Kier alpha value is -1.21. The van der Waals surface area contributed by atoms with Gasteiger partial charge in [0, 0.05) is 18.8 Å². The molecule has 1 heterocycles. The smallest absolute Gasteiger partial charge is 0.208 e. The molecule has 2 unspecified atom stereocenters. The zero-order chi connectivity index (χ0) is 14.8. The minimum absolute atomic E-state index is 0.0237. The number of aromatic nitrogens is 2. The molecule has 1 aliphatic carbocycles. The molecular formula is C13H22N4O2S. The van der Waals surface area contributed by atoms with Crippen molar-refractivity contribution in [2.45, 2.75) is 39.2 Å². The number of nitrogens with zero attached hydrogens (tertiary/aromatic N) is 2. The molecule has 0 saturated heterocycles. The minimum Gasteiger partial charge on any atom is -0.368 e. The molecule has 2 rings (SSSR count). The van der Waals surface area contributed by atoms with Crippen LogP contribution in [0.4, 0.5) is 5.82 Å². The maximum Gasteiger partial charge on any atom is 0.208 e. The fourth-order valence-corrected chi connectivity index (χ4v) is 3.50. The van der Waals surface area contributed by atoms with E-state index in [9.17, 15) is 8.42 Å². The van der Waals surface area contributed by atoms with E-state index in [4.69, 9.17) is 0 Å². The zero-order valence-electron chi connectivity index (χ0n) is 12.2. The van der Waals surface area contributed by atoms with Gasteiger partial charge in [-0.1, -0.05) is 6.42 Å². The van der Waals surface area contributed by atoms with Gasteiger partial charge in [-0.2, -0.15) is 0 Å². The van der Waals surface area contributed by atoms with E-state index in [1.807, 2.05) is 13.8 Å². The third-order valence-corrected chi connectivity index (χ3v) is 4.36. The summed E-state index contributed by atoms with van der Waals surface area (Å²) in [4.78, 5) is 8.69. The first-order chi connectivity index (χ1) is 9.35. The summed E-state index contributed by atoms with van der Waals surface area (Å²) in [6, 6.07) is 0.0237. The topological polar surface area (TPSA) is 84.0 Å². The monoisotopic (exact) mass is 298 g/mol. The van der Waals surface area contributed by atoms with Gasteiger partial charge < -0.3 is 5.32 Å². The van der Waals surface area contributed by atoms with Crippen molar-refractivity contribution >= 4 is 15.8 Å². The van der Waals surface area contributed by atoms with E-state index < -0.39 is 10.0 Å². The molecule has 112 valence electrons. The first-order valence-corrected chi connectivity index (χ1v) is 8.76. The predicted molar refractivity (Wildman–Crippen MR) is 79.1 cm³/mol. The Morgan fingerprint density at radius 2 is 2.10 bits per heavy atom. The van der Waals surface area contributed by atoms with Gasteiger partial charge in [0.2, 0.25) is 10.0 Å². The van der Waals surface area contributed by atoms with E-state index in [0.717, 1.165) is 36.5 Å². The van der Waals surface area contributed by atoms with Gasteiger partial charge in [0.05, 0.1) is 17.6 Å². The molecule has 6 nitrogen and oxygen atoms in total. The molecule has 1 aromatic rings. The normalized spacial score (nSPS) is 22.9. The van der Waals surface area contributed by atoms with Gasteiger partial charge in [-0.05, 0) is 32.6 Å². The van der Waals surface area contributed by atoms with Gasteiger partial charge in [0.15, 0.2) is 0 Å². The van der Waals surface area contributed by atoms with Crippen LogP contribution in [0.2, 0.25) is 0 Å².